The van der Waals surface area contributed by atoms with Gasteiger partial charge in [0.1, 0.15) is 0 Å². The summed E-state index contributed by atoms with van der Waals surface area (Å²) in [6.45, 7) is 3.62. The third-order valence-corrected chi connectivity index (χ3v) is 1.67. The molecule has 0 aliphatic carbocycles. The average molecular weight is 137 g/mol. The van der Waals surface area contributed by atoms with Crippen LogP contribution in [0, 0.1) is 0 Å². The predicted octanol–water partition coefficient (Wildman–Crippen LogP) is 1.36. The minimum Gasteiger partial charge on any atom is -0.295 e. The smallest absolute Gasteiger partial charge is 0.158 e. The lowest BCUT2D eigenvalue weighted by atomic mass is 10.0. The van der Waals surface area contributed by atoms with E-state index in [-0.39, 0.29) is 11.8 Å². The van der Waals surface area contributed by atoms with Crippen LogP contribution in [0.4, 0.5) is 0 Å². The minimum atomic E-state index is 0.137. The zero-order chi connectivity index (χ0) is 7.56. The number of nitrogens with zero attached hydrogens (tertiary/aromatic N) is 1. The summed E-state index contributed by atoms with van der Waals surface area (Å²) in [5.41, 5.74) is 0.850. The van der Waals surface area contributed by atoms with Gasteiger partial charge in [0, 0.05) is 11.8 Å². The second-order valence-electron chi connectivity index (χ2n) is 2.40. The van der Waals surface area contributed by atoms with Crippen LogP contribution in [0.15, 0.2) is 16.6 Å². The van der Waals surface area contributed by atoms with Gasteiger partial charge in [-0.05, 0) is 19.4 Å². The molecule has 0 radical (unpaired) electrons. The van der Waals surface area contributed by atoms with E-state index in [4.69, 9.17) is 0 Å². The highest BCUT2D eigenvalue weighted by Gasteiger charge is 2.16. The molecule has 0 bridgehead atoms. The highest BCUT2D eigenvalue weighted by Crippen LogP contribution is 2.15. The first-order chi connectivity index (χ1) is 4.75. The second kappa shape index (κ2) is 2.78. The van der Waals surface area contributed by atoms with E-state index < -0.39 is 0 Å². The summed E-state index contributed by atoms with van der Waals surface area (Å²) in [5.74, 6) is 0.143. The number of aliphatic imine (C=N–C) groups is 1. The van der Waals surface area contributed by atoms with Gasteiger partial charge < -0.3 is 0 Å². The minimum absolute atomic E-state index is 0.137. The maximum Gasteiger partial charge on any atom is 0.158 e. The monoisotopic (exact) mass is 137 g/mol. The van der Waals surface area contributed by atoms with Crippen molar-refractivity contribution in [1.29, 1.82) is 0 Å². The molecule has 0 spiro atoms. The Morgan fingerprint density at radius 2 is 2.50 bits per heavy atom. The Labute approximate surface area is 60.7 Å². The molecule has 1 aliphatic heterocycles. The highest BCUT2D eigenvalue weighted by atomic mass is 16.1. The van der Waals surface area contributed by atoms with Gasteiger partial charge >= 0.3 is 0 Å². The highest BCUT2D eigenvalue weighted by molar-refractivity contribution is 6.00. The lowest BCUT2D eigenvalue weighted by Gasteiger charge is -2.05. The van der Waals surface area contributed by atoms with Crippen molar-refractivity contribution in [3.05, 3.63) is 11.6 Å². The Balaban J connectivity index is 2.71. The molecular formula is C8H11NO. The molecule has 10 heavy (non-hydrogen) atoms. The first kappa shape index (κ1) is 7.19. The number of hydrogen-bond acceptors (Lipinski definition) is 2. The molecule has 1 unspecified atom stereocenters. The Hall–Kier alpha value is -0.920. The van der Waals surface area contributed by atoms with Crippen molar-refractivity contribution in [2.45, 2.75) is 26.3 Å². The summed E-state index contributed by atoms with van der Waals surface area (Å²) in [5, 5.41) is 0. The lowest BCUT2D eigenvalue weighted by molar-refractivity contribution is -0.113. The van der Waals surface area contributed by atoms with Gasteiger partial charge in [0.25, 0.3) is 0 Å². The molecule has 0 aromatic heterocycles. The molecule has 1 rings (SSSR count). The summed E-state index contributed by atoms with van der Waals surface area (Å²) >= 11 is 0. The van der Waals surface area contributed by atoms with Crippen molar-refractivity contribution in [3.8, 4) is 0 Å². The summed E-state index contributed by atoms with van der Waals surface area (Å²) in [4.78, 5) is 15.0. The van der Waals surface area contributed by atoms with Crippen molar-refractivity contribution in [2.75, 3.05) is 0 Å². The maximum absolute atomic E-state index is 10.9. The molecule has 0 aromatic rings. The molecule has 0 amide bonds. The standard InChI is InChI=1S/C8H11NO/c1-3-8-7(6(2)10)4-5-9-8/h4-5,8H,3H2,1-2H3. The molecule has 54 valence electrons. The molecule has 1 aliphatic rings. The number of hydrogen-bond donors (Lipinski definition) is 0. The van der Waals surface area contributed by atoms with E-state index in [0.717, 1.165) is 12.0 Å². The first-order valence-corrected chi connectivity index (χ1v) is 3.50. The first-order valence-electron chi connectivity index (χ1n) is 3.50. The molecule has 2 nitrogen and oxygen atoms in total. The molecule has 0 aromatic carbocycles. The van der Waals surface area contributed by atoms with Crippen molar-refractivity contribution in [2.24, 2.45) is 4.99 Å². The van der Waals surface area contributed by atoms with Gasteiger partial charge in [-0.3, -0.25) is 9.79 Å². The summed E-state index contributed by atoms with van der Waals surface area (Å²) in [6, 6.07) is 0.137. The second-order valence-corrected chi connectivity index (χ2v) is 2.40. The predicted molar refractivity (Wildman–Crippen MR) is 41.3 cm³/mol. The molecule has 2 heteroatoms. The number of carbonyl (C=O) groups is 1. The van der Waals surface area contributed by atoms with Crippen LogP contribution >= 0.6 is 0 Å². The van der Waals surface area contributed by atoms with E-state index in [1.807, 2.05) is 6.92 Å². The van der Waals surface area contributed by atoms with Gasteiger partial charge in [-0.15, -0.1) is 0 Å². The zero-order valence-corrected chi connectivity index (χ0v) is 6.29. The molecule has 0 N–H and O–H groups in total. The van der Waals surface area contributed by atoms with Gasteiger partial charge in [0.15, 0.2) is 5.78 Å². The average Bonchev–Trinajstić information content (AvgIpc) is 2.33. The fraction of sp³-hybridized carbons (Fsp3) is 0.500. The molecule has 1 heterocycles. The van der Waals surface area contributed by atoms with Crippen LogP contribution in [-0.4, -0.2) is 18.0 Å². The van der Waals surface area contributed by atoms with Crippen LogP contribution in [0.1, 0.15) is 20.3 Å². The van der Waals surface area contributed by atoms with Crippen LogP contribution in [0.3, 0.4) is 0 Å². The Morgan fingerprint density at radius 3 is 2.90 bits per heavy atom. The van der Waals surface area contributed by atoms with Crippen LogP contribution in [0.5, 0.6) is 0 Å². The van der Waals surface area contributed by atoms with E-state index in [2.05, 4.69) is 4.99 Å². The van der Waals surface area contributed by atoms with Gasteiger partial charge in [0.05, 0.1) is 6.04 Å². The third kappa shape index (κ3) is 1.15. The topological polar surface area (TPSA) is 29.4 Å². The number of carbonyl (C=O) groups excluding carboxylic acids is 1. The molecule has 0 saturated heterocycles. The van der Waals surface area contributed by atoms with E-state index in [1.165, 1.54) is 0 Å². The quantitative estimate of drug-likeness (QED) is 0.565. The van der Waals surface area contributed by atoms with Gasteiger partial charge in [-0.1, -0.05) is 6.92 Å². The number of rotatable bonds is 2. The van der Waals surface area contributed by atoms with Crippen LogP contribution in [0.2, 0.25) is 0 Å². The van der Waals surface area contributed by atoms with E-state index in [9.17, 15) is 4.79 Å². The van der Waals surface area contributed by atoms with Gasteiger partial charge in [-0.2, -0.15) is 0 Å². The fourth-order valence-electron chi connectivity index (χ4n) is 1.10. The summed E-state index contributed by atoms with van der Waals surface area (Å²) in [7, 11) is 0. The zero-order valence-electron chi connectivity index (χ0n) is 6.29. The van der Waals surface area contributed by atoms with E-state index in [1.54, 1.807) is 19.2 Å². The Bertz CT molecular complexity index is 203. The Morgan fingerprint density at radius 1 is 1.80 bits per heavy atom. The SMILES string of the molecule is CCC1N=CC=C1C(C)=O. The molecule has 1 atom stereocenters. The van der Waals surface area contributed by atoms with Crippen LogP contribution in [-0.2, 0) is 4.79 Å². The van der Waals surface area contributed by atoms with Crippen LogP contribution < -0.4 is 0 Å². The molecule has 0 fully saturated rings. The number of allylic oxidation sites excluding steroid dienone is 1. The van der Waals surface area contributed by atoms with E-state index >= 15 is 0 Å². The largest absolute Gasteiger partial charge is 0.295 e. The molecular weight excluding hydrogens is 126 g/mol. The fourth-order valence-corrected chi connectivity index (χ4v) is 1.10. The van der Waals surface area contributed by atoms with Crippen molar-refractivity contribution >= 4 is 12.0 Å². The van der Waals surface area contributed by atoms with Crippen LogP contribution in [0.25, 0.3) is 0 Å². The summed E-state index contributed by atoms with van der Waals surface area (Å²) in [6.07, 6.45) is 4.43. The lowest BCUT2D eigenvalue weighted by Crippen LogP contribution is -2.09. The van der Waals surface area contributed by atoms with Crippen molar-refractivity contribution < 1.29 is 4.79 Å². The molecule has 0 saturated carbocycles. The normalized spacial score (nSPS) is 23.0. The maximum atomic E-state index is 10.9. The third-order valence-electron chi connectivity index (χ3n) is 1.67. The Kier molecular flexibility index (Phi) is 2.00. The van der Waals surface area contributed by atoms with Crippen molar-refractivity contribution in [3.63, 3.8) is 0 Å². The van der Waals surface area contributed by atoms with E-state index in [0.29, 0.717) is 0 Å². The van der Waals surface area contributed by atoms with Gasteiger partial charge in [-0.25, -0.2) is 0 Å². The number of Topliss-reactive ketones (excluding diaryl/α,β-unsaturated/α-hetero) is 1. The van der Waals surface area contributed by atoms with Crippen molar-refractivity contribution in [1.82, 2.24) is 0 Å². The summed E-state index contributed by atoms with van der Waals surface area (Å²) < 4.78 is 0. The number of ketones is 1. The van der Waals surface area contributed by atoms with Gasteiger partial charge in [0.2, 0.25) is 0 Å².